The Labute approximate surface area is 147 Å². The van der Waals surface area contributed by atoms with Crippen LogP contribution in [0, 0.1) is 81.3 Å². The Morgan fingerprint density at radius 1 is 0.520 bits per heavy atom. The first kappa shape index (κ1) is 22.5. The van der Waals surface area contributed by atoms with Gasteiger partial charge < -0.3 is 0 Å². The third-order valence-corrected chi connectivity index (χ3v) is 2.31. The molecule has 2 aromatic carbocycles. The smallest absolute Gasteiger partial charge is 0.280 e. The third-order valence-electron chi connectivity index (χ3n) is 2.31. The minimum Gasteiger partial charge on any atom is -0.280 e. The standard InChI is InChI=1S/2C7F4N.Zn/c2*8-4-1-5(9)7(11)3(2-12)6(4)10;/q2*-1;+2. The summed E-state index contributed by atoms with van der Waals surface area (Å²) in [5, 5.41) is 16.1. The molecule has 0 fully saturated rings. The number of halogens is 8. The maximum atomic E-state index is 12.4. The Morgan fingerprint density at radius 2 is 0.720 bits per heavy atom. The van der Waals surface area contributed by atoms with E-state index in [0.717, 1.165) is 24.3 Å². The molecule has 0 aliphatic rings. The molecule has 2 aromatic rings. The van der Waals surface area contributed by atoms with Gasteiger partial charge in [0.15, 0.2) is 0 Å². The molecule has 0 amide bonds. The number of rotatable bonds is 0. The van der Waals surface area contributed by atoms with E-state index in [0.29, 0.717) is 0 Å². The van der Waals surface area contributed by atoms with Crippen LogP contribution in [0.5, 0.6) is 0 Å². The van der Waals surface area contributed by atoms with Crippen LogP contribution in [-0.2, 0) is 19.5 Å². The zero-order chi connectivity index (χ0) is 18.6. The Kier molecular flexibility index (Phi) is 8.18. The van der Waals surface area contributed by atoms with E-state index in [1.54, 1.807) is 0 Å². The molecule has 124 valence electrons. The van der Waals surface area contributed by atoms with Crippen LogP contribution in [0.2, 0.25) is 0 Å². The number of nitrogens with zero attached hydrogens (tertiary/aromatic N) is 2. The van der Waals surface area contributed by atoms with Gasteiger partial charge in [0.2, 0.25) is 0 Å². The molecular weight excluding hydrogens is 414 g/mol. The molecule has 0 radical (unpaired) electrons. The molecule has 2 nitrogen and oxygen atoms in total. The Balaban J connectivity index is 0.000000443. The van der Waals surface area contributed by atoms with Crippen LogP contribution < -0.4 is 0 Å². The van der Waals surface area contributed by atoms with Crippen LogP contribution in [0.4, 0.5) is 35.1 Å². The molecule has 11 heteroatoms. The van der Waals surface area contributed by atoms with E-state index in [1.165, 1.54) is 0 Å². The van der Waals surface area contributed by atoms with E-state index in [4.69, 9.17) is 10.5 Å². The summed E-state index contributed by atoms with van der Waals surface area (Å²) in [7, 11) is 0. The number of nitriles is 2. The van der Waals surface area contributed by atoms with Crippen molar-refractivity contribution in [1.82, 2.24) is 0 Å². The van der Waals surface area contributed by atoms with Gasteiger partial charge in [0.1, 0.15) is 0 Å². The third kappa shape index (κ3) is 4.74. The molecule has 0 N–H and O–H groups in total. The summed E-state index contributed by atoms with van der Waals surface area (Å²) in [6.07, 6.45) is 0. The molecule has 0 spiro atoms. The fourth-order valence-electron chi connectivity index (χ4n) is 1.24. The summed E-state index contributed by atoms with van der Waals surface area (Å²) in [5.74, 6) is -13.7. The fourth-order valence-corrected chi connectivity index (χ4v) is 1.24. The van der Waals surface area contributed by atoms with Gasteiger partial charge in [0, 0.05) is 34.4 Å². The summed E-state index contributed by atoms with van der Waals surface area (Å²) in [4.78, 5) is 0. The molecule has 0 atom stereocenters. The molecular formula is C14F8N2Zn. The van der Waals surface area contributed by atoms with Crippen molar-refractivity contribution >= 4 is 0 Å². The Bertz CT molecular complexity index is 760. The molecule has 0 saturated heterocycles. The second kappa shape index (κ2) is 9.09. The van der Waals surface area contributed by atoms with Gasteiger partial charge in [0.25, 0.3) is 0 Å². The number of hydrogen-bond acceptors (Lipinski definition) is 2. The molecule has 0 bridgehead atoms. The van der Waals surface area contributed by atoms with Gasteiger partial charge in [-0.15, -0.1) is 12.1 Å². The molecule has 0 heterocycles. The van der Waals surface area contributed by atoms with Gasteiger partial charge in [-0.2, -0.15) is 10.5 Å². The van der Waals surface area contributed by atoms with Crippen molar-refractivity contribution < 1.29 is 54.6 Å². The first-order chi connectivity index (χ1) is 11.1. The minimum absolute atomic E-state index is 0. The average molecular weight is 414 g/mol. The van der Waals surface area contributed by atoms with Crippen molar-refractivity contribution in [2.45, 2.75) is 0 Å². The van der Waals surface area contributed by atoms with Crippen LogP contribution in [0.25, 0.3) is 0 Å². The summed E-state index contributed by atoms with van der Waals surface area (Å²) in [6.45, 7) is 0. The van der Waals surface area contributed by atoms with Crippen molar-refractivity contribution in [2.24, 2.45) is 0 Å². The first-order valence-corrected chi connectivity index (χ1v) is 5.46. The van der Waals surface area contributed by atoms with Gasteiger partial charge in [-0.1, -0.05) is 0 Å². The van der Waals surface area contributed by atoms with Crippen LogP contribution >= 0.6 is 0 Å². The molecule has 0 saturated carbocycles. The van der Waals surface area contributed by atoms with Crippen LogP contribution in [0.3, 0.4) is 0 Å². The van der Waals surface area contributed by atoms with Gasteiger partial charge in [0.05, 0.1) is 35.4 Å². The maximum absolute atomic E-state index is 12.4. The van der Waals surface area contributed by atoms with Gasteiger partial charge in [-0.25, -0.2) is 17.6 Å². The second-order valence-corrected chi connectivity index (χ2v) is 3.74. The van der Waals surface area contributed by atoms with Crippen molar-refractivity contribution in [2.75, 3.05) is 0 Å². The van der Waals surface area contributed by atoms with E-state index < -0.39 is 57.7 Å². The van der Waals surface area contributed by atoms with Crippen LogP contribution in [0.15, 0.2) is 0 Å². The molecule has 0 aliphatic heterocycles. The van der Waals surface area contributed by atoms with E-state index in [2.05, 4.69) is 0 Å². The molecule has 2 rings (SSSR count). The predicted molar refractivity (Wildman–Crippen MR) is 59.6 cm³/mol. The molecule has 0 aliphatic carbocycles. The summed E-state index contributed by atoms with van der Waals surface area (Å²) >= 11 is 0. The fraction of sp³-hybridized carbons (Fsp3) is 0. The topological polar surface area (TPSA) is 47.6 Å². The quantitative estimate of drug-likeness (QED) is 0.285. The Morgan fingerprint density at radius 3 is 0.880 bits per heavy atom. The summed E-state index contributed by atoms with van der Waals surface area (Å²) in [5.41, 5.74) is -2.55. The van der Waals surface area contributed by atoms with Crippen molar-refractivity contribution in [3.05, 3.63) is 69.8 Å². The number of benzene rings is 2. The van der Waals surface area contributed by atoms with E-state index in [-0.39, 0.29) is 19.5 Å². The van der Waals surface area contributed by atoms with Crippen molar-refractivity contribution in [1.29, 1.82) is 10.5 Å². The predicted octanol–water partition coefficient (Wildman–Crippen LogP) is 3.83. The van der Waals surface area contributed by atoms with Crippen LogP contribution in [0.1, 0.15) is 11.1 Å². The van der Waals surface area contributed by atoms with Gasteiger partial charge >= 0.3 is 19.5 Å². The largest absolute Gasteiger partial charge is 2.00 e. The summed E-state index contributed by atoms with van der Waals surface area (Å²) in [6, 6.07) is 4.28. The van der Waals surface area contributed by atoms with Crippen molar-refractivity contribution in [3.63, 3.8) is 0 Å². The van der Waals surface area contributed by atoms with E-state index in [9.17, 15) is 35.1 Å². The molecule has 0 unspecified atom stereocenters. The molecule has 0 aromatic heterocycles. The van der Waals surface area contributed by atoms with E-state index >= 15 is 0 Å². The zero-order valence-corrected chi connectivity index (χ0v) is 14.6. The van der Waals surface area contributed by atoms with Crippen LogP contribution in [-0.4, -0.2) is 0 Å². The SMILES string of the molecule is N#Cc1c(F)c(F)[c-]c(F)c1F.N#Cc1c(F)c(F)[c-]c(F)c1F.[Zn+2]. The summed E-state index contributed by atoms with van der Waals surface area (Å²) < 4.78 is 98.5. The average Bonchev–Trinajstić information content (AvgIpc) is 2.53. The molecule has 25 heavy (non-hydrogen) atoms. The monoisotopic (exact) mass is 412 g/mol. The normalized spacial score (nSPS) is 9.20. The van der Waals surface area contributed by atoms with Gasteiger partial charge in [-0.05, 0) is 0 Å². The van der Waals surface area contributed by atoms with Gasteiger partial charge in [-0.3, -0.25) is 17.6 Å². The maximum Gasteiger partial charge on any atom is 2.00 e. The number of hydrogen-bond donors (Lipinski definition) is 0. The van der Waals surface area contributed by atoms with Crippen molar-refractivity contribution in [3.8, 4) is 12.1 Å². The zero-order valence-electron chi connectivity index (χ0n) is 11.6. The van der Waals surface area contributed by atoms with E-state index in [1.807, 2.05) is 0 Å². The minimum atomic E-state index is -1.73. The second-order valence-electron chi connectivity index (χ2n) is 3.74. The Hall–Kier alpha value is -2.52. The first-order valence-electron chi connectivity index (χ1n) is 5.46.